The Hall–Kier alpha value is -0.120. The standard InChI is InChI=1S/C38H79NO2/c1-4-6-8-10-12-14-16-18-20-22-24-26-28-30-32-37(34-38(39)35-41-36(3)40)33-31-29-27-25-23-21-19-17-15-13-11-9-7-5-2/h36-38,40H,4-35,39H2,1-3H3. The van der Waals surface area contributed by atoms with Crippen LogP contribution >= 0.6 is 0 Å². The van der Waals surface area contributed by atoms with Crippen LogP contribution in [0.1, 0.15) is 220 Å². The van der Waals surface area contributed by atoms with Gasteiger partial charge in [0.1, 0.15) is 0 Å². The predicted octanol–water partition coefficient (Wildman–Crippen LogP) is 12.4. The fourth-order valence-corrected chi connectivity index (χ4v) is 6.39. The first kappa shape index (κ1) is 40.9. The monoisotopic (exact) mass is 582 g/mol. The van der Waals surface area contributed by atoms with Gasteiger partial charge in [-0.3, -0.25) is 0 Å². The molecule has 3 N–H and O–H groups in total. The van der Waals surface area contributed by atoms with Gasteiger partial charge in [-0.15, -0.1) is 0 Å². The lowest BCUT2D eigenvalue weighted by atomic mass is 9.89. The molecule has 0 heterocycles. The summed E-state index contributed by atoms with van der Waals surface area (Å²) in [6, 6.07) is 0.0490. The maximum atomic E-state index is 9.45. The second-order valence-corrected chi connectivity index (χ2v) is 13.6. The van der Waals surface area contributed by atoms with E-state index in [4.69, 9.17) is 10.5 Å². The fraction of sp³-hybridized carbons (Fsp3) is 1.00. The highest BCUT2D eigenvalue weighted by atomic mass is 16.6. The largest absolute Gasteiger partial charge is 0.368 e. The second kappa shape index (κ2) is 34.4. The van der Waals surface area contributed by atoms with E-state index >= 15 is 0 Å². The van der Waals surface area contributed by atoms with E-state index in [0.29, 0.717) is 6.61 Å². The molecule has 0 aliphatic rings. The average Bonchev–Trinajstić information content (AvgIpc) is 2.96. The average molecular weight is 582 g/mol. The van der Waals surface area contributed by atoms with E-state index in [-0.39, 0.29) is 6.04 Å². The first-order valence-electron chi connectivity index (χ1n) is 19.1. The zero-order valence-corrected chi connectivity index (χ0v) is 28.8. The minimum atomic E-state index is -0.712. The molecule has 2 unspecified atom stereocenters. The third-order valence-electron chi connectivity index (χ3n) is 9.12. The summed E-state index contributed by atoms with van der Waals surface area (Å²) in [5.74, 6) is 0.720. The molecule has 0 bridgehead atoms. The minimum Gasteiger partial charge on any atom is -0.368 e. The molecule has 3 nitrogen and oxygen atoms in total. The van der Waals surface area contributed by atoms with Crippen LogP contribution in [0.5, 0.6) is 0 Å². The topological polar surface area (TPSA) is 55.5 Å². The summed E-state index contributed by atoms with van der Waals surface area (Å²) in [6.07, 6.45) is 42.8. The molecule has 0 fully saturated rings. The molecule has 0 aromatic heterocycles. The Kier molecular flexibility index (Phi) is 34.3. The lowest BCUT2D eigenvalue weighted by Gasteiger charge is -2.22. The van der Waals surface area contributed by atoms with Gasteiger partial charge in [0.15, 0.2) is 6.29 Å². The van der Waals surface area contributed by atoms with Gasteiger partial charge < -0.3 is 15.6 Å². The van der Waals surface area contributed by atoms with Gasteiger partial charge in [0.25, 0.3) is 0 Å². The molecular formula is C38H79NO2. The van der Waals surface area contributed by atoms with Crippen molar-refractivity contribution in [3.8, 4) is 0 Å². The molecule has 0 aliphatic heterocycles. The van der Waals surface area contributed by atoms with Crippen LogP contribution in [0.3, 0.4) is 0 Å². The molecule has 0 aromatic rings. The molecule has 0 saturated heterocycles. The lowest BCUT2D eigenvalue weighted by molar-refractivity contribution is -0.0902. The van der Waals surface area contributed by atoms with Gasteiger partial charge in [0.05, 0.1) is 6.61 Å². The van der Waals surface area contributed by atoms with Gasteiger partial charge in [-0.2, -0.15) is 0 Å². The van der Waals surface area contributed by atoms with Crippen LogP contribution in [0.2, 0.25) is 0 Å². The Morgan fingerprint density at radius 1 is 0.463 bits per heavy atom. The highest BCUT2D eigenvalue weighted by molar-refractivity contribution is 4.69. The van der Waals surface area contributed by atoms with Crippen LogP contribution in [-0.2, 0) is 4.74 Å². The summed E-state index contributed by atoms with van der Waals surface area (Å²) < 4.78 is 5.39. The number of hydrogen-bond donors (Lipinski definition) is 2. The summed E-state index contributed by atoms with van der Waals surface area (Å²) >= 11 is 0. The minimum absolute atomic E-state index is 0.0490. The summed E-state index contributed by atoms with van der Waals surface area (Å²) in [5.41, 5.74) is 6.39. The zero-order valence-electron chi connectivity index (χ0n) is 28.8. The molecule has 0 aliphatic carbocycles. The number of aliphatic hydroxyl groups is 1. The van der Waals surface area contributed by atoms with E-state index in [0.717, 1.165) is 12.3 Å². The van der Waals surface area contributed by atoms with Crippen molar-refractivity contribution < 1.29 is 9.84 Å². The second-order valence-electron chi connectivity index (χ2n) is 13.6. The van der Waals surface area contributed by atoms with E-state index < -0.39 is 6.29 Å². The Balaban J connectivity index is 3.83. The predicted molar refractivity (Wildman–Crippen MR) is 184 cm³/mol. The number of aliphatic hydroxyl groups excluding tert-OH is 1. The molecule has 248 valence electrons. The summed E-state index contributed by atoms with van der Waals surface area (Å²) in [4.78, 5) is 0. The highest BCUT2D eigenvalue weighted by Gasteiger charge is 2.14. The Bertz CT molecular complexity index is 437. The molecule has 3 heteroatoms. The number of ether oxygens (including phenoxy) is 1. The van der Waals surface area contributed by atoms with Crippen molar-refractivity contribution >= 4 is 0 Å². The number of hydrogen-bond acceptors (Lipinski definition) is 3. The molecule has 0 rings (SSSR count). The van der Waals surface area contributed by atoms with Gasteiger partial charge >= 0.3 is 0 Å². The third kappa shape index (κ3) is 34.2. The van der Waals surface area contributed by atoms with E-state index in [1.54, 1.807) is 6.92 Å². The van der Waals surface area contributed by atoms with E-state index in [9.17, 15) is 5.11 Å². The first-order valence-corrected chi connectivity index (χ1v) is 19.1. The van der Waals surface area contributed by atoms with E-state index in [1.807, 2.05) is 0 Å². The molecular weight excluding hydrogens is 502 g/mol. The molecule has 0 radical (unpaired) electrons. The Morgan fingerprint density at radius 2 is 0.732 bits per heavy atom. The number of nitrogens with two attached hydrogens (primary N) is 1. The maximum Gasteiger partial charge on any atom is 0.151 e. The molecule has 0 spiro atoms. The van der Waals surface area contributed by atoms with Crippen molar-refractivity contribution in [3.05, 3.63) is 0 Å². The van der Waals surface area contributed by atoms with Crippen LogP contribution in [-0.4, -0.2) is 24.0 Å². The molecule has 0 aromatic carbocycles. The zero-order chi connectivity index (χ0) is 30.1. The van der Waals surface area contributed by atoms with Crippen molar-refractivity contribution in [3.63, 3.8) is 0 Å². The molecule has 0 saturated carbocycles. The van der Waals surface area contributed by atoms with E-state index in [2.05, 4.69) is 13.8 Å². The van der Waals surface area contributed by atoms with Gasteiger partial charge in [-0.05, 0) is 19.3 Å². The van der Waals surface area contributed by atoms with Crippen LogP contribution in [0.25, 0.3) is 0 Å². The molecule has 41 heavy (non-hydrogen) atoms. The maximum absolute atomic E-state index is 9.45. The quantitative estimate of drug-likeness (QED) is 0.0578. The SMILES string of the molecule is CCCCCCCCCCCCCCCCC(CCCCCCCCCCCCCCCC)CC(N)COC(C)O. The van der Waals surface area contributed by atoms with Crippen LogP contribution < -0.4 is 5.73 Å². The van der Waals surface area contributed by atoms with Gasteiger partial charge in [0, 0.05) is 6.04 Å². The van der Waals surface area contributed by atoms with Crippen LogP contribution in [0, 0.1) is 5.92 Å². The molecule has 0 amide bonds. The summed E-state index contributed by atoms with van der Waals surface area (Å²) in [7, 11) is 0. The number of unbranched alkanes of at least 4 members (excludes halogenated alkanes) is 26. The van der Waals surface area contributed by atoms with Crippen LogP contribution in [0.15, 0.2) is 0 Å². The lowest BCUT2D eigenvalue weighted by Crippen LogP contribution is -2.30. The van der Waals surface area contributed by atoms with Gasteiger partial charge in [-0.1, -0.05) is 206 Å². The van der Waals surface area contributed by atoms with Crippen molar-refractivity contribution in [2.45, 2.75) is 232 Å². The van der Waals surface area contributed by atoms with Crippen LogP contribution in [0.4, 0.5) is 0 Å². The fourth-order valence-electron chi connectivity index (χ4n) is 6.39. The van der Waals surface area contributed by atoms with Crippen molar-refractivity contribution in [1.82, 2.24) is 0 Å². The van der Waals surface area contributed by atoms with Crippen molar-refractivity contribution in [2.24, 2.45) is 11.7 Å². The molecule has 2 atom stereocenters. The normalized spacial score (nSPS) is 13.3. The highest BCUT2D eigenvalue weighted by Crippen LogP contribution is 2.24. The summed E-state index contributed by atoms with van der Waals surface area (Å²) in [6.45, 7) is 6.75. The third-order valence-corrected chi connectivity index (χ3v) is 9.12. The van der Waals surface area contributed by atoms with E-state index in [1.165, 1.54) is 193 Å². The Labute approximate surface area is 259 Å². The van der Waals surface area contributed by atoms with Crippen molar-refractivity contribution in [1.29, 1.82) is 0 Å². The van der Waals surface area contributed by atoms with Gasteiger partial charge in [0.2, 0.25) is 0 Å². The summed E-state index contributed by atoms with van der Waals surface area (Å²) in [5, 5.41) is 9.45. The Morgan fingerprint density at radius 3 is 1.00 bits per heavy atom. The number of rotatable bonds is 35. The van der Waals surface area contributed by atoms with Crippen molar-refractivity contribution in [2.75, 3.05) is 6.61 Å². The van der Waals surface area contributed by atoms with Gasteiger partial charge in [-0.25, -0.2) is 0 Å². The first-order chi connectivity index (χ1) is 20.1. The smallest absolute Gasteiger partial charge is 0.151 e.